The fraction of sp³-hybridized carbons (Fsp3) is 0.304. The molecule has 1 aliphatic heterocycles. The fourth-order valence-electron chi connectivity index (χ4n) is 4.33. The zero-order valence-corrected chi connectivity index (χ0v) is 19.7. The van der Waals surface area contributed by atoms with Gasteiger partial charge in [-0.3, -0.25) is 4.79 Å². The average molecular weight is 536 g/mol. The second-order valence-corrected chi connectivity index (χ2v) is 8.94. The molecule has 0 unspecified atom stereocenters. The van der Waals surface area contributed by atoms with Gasteiger partial charge in [0.25, 0.3) is 0 Å². The van der Waals surface area contributed by atoms with Crippen molar-refractivity contribution < 1.29 is 31.1 Å². The molecule has 1 aliphatic rings. The summed E-state index contributed by atoms with van der Waals surface area (Å²) in [6.07, 6.45) is -6.75. The molecule has 0 bridgehead atoms. The summed E-state index contributed by atoms with van der Waals surface area (Å²) in [5.41, 5.74) is 5.31. The van der Waals surface area contributed by atoms with Gasteiger partial charge in [-0.2, -0.15) is 27.1 Å². The molecular weight excluding hydrogens is 518 g/mol. The van der Waals surface area contributed by atoms with E-state index in [9.17, 15) is 31.1 Å². The van der Waals surface area contributed by atoms with Crippen LogP contribution in [0.4, 0.5) is 38.0 Å². The monoisotopic (exact) mass is 536 g/mol. The highest BCUT2D eigenvalue weighted by molar-refractivity contribution is 6.09. The maximum Gasteiger partial charge on any atom is 0.453 e. The third kappa shape index (κ3) is 3.97. The Morgan fingerprint density at radius 1 is 1.05 bits per heavy atom. The van der Waals surface area contributed by atoms with Crippen LogP contribution < -0.4 is 11.1 Å². The SMILES string of the molecule is Cc1nc2c(CCC(F)(F)C(F)(F)F)nc(-c3nc(N)c4c(n3)NC(=O)[C@@]4(C)c3ccc(F)cc3)cn2n1. The Labute approximate surface area is 210 Å². The van der Waals surface area contributed by atoms with Crippen molar-refractivity contribution in [3.63, 3.8) is 0 Å². The standard InChI is InChI=1S/C23H18F6N8O/c1-10-31-19-13(7-8-22(25,26)23(27,28)29)32-14(9-37(19)36-10)17-33-16(30)15-18(34-17)35-20(38)21(15,2)11-3-5-12(24)6-4-11/h3-6,9H,7-8H2,1-2H3,(H3,30,33,34,35,38)/t21-/m0/s1. The number of amides is 1. The summed E-state index contributed by atoms with van der Waals surface area (Å²) >= 11 is 0. The number of aryl methyl sites for hydroxylation is 2. The number of aromatic nitrogens is 6. The first kappa shape index (κ1) is 25.4. The average Bonchev–Trinajstić information content (AvgIpc) is 3.33. The summed E-state index contributed by atoms with van der Waals surface area (Å²) in [6.45, 7) is 3.08. The molecule has 0 spiro atoms. The number of nitrogen functional groups attached to an aromatic ring is 1. The zero-order valence-electron chi connectivity index (χ0n) is 19.7. The molecule has 15 heteroatoms. The van der Waals surface area contributed by atoms with E-state index < -0.39 is 42.1 Å². The van der Waals surface area contributed by atoms with Gasteiger partial charge in [0.05, 0.1) is 17.5 Å². The van der Waals surface area contributed by atoms with Gasteiger partial charge in [-0.05, 0) is 38.0 Å². The summed E-state index contributed by atoms with van der Waals surface area (Å²) in [5, 5.41) is 6.72. The second-order valence-electron chi connectivity index (χ2n) is 8.94. The number of fused-ring (bicyclic) bond motifs is 2. The van der Waals surface area contributed by atoms with Gasteiger partial charge in [0.1, 0.15) is 34.4 Å². The van der Waals surface area contributed by atoms with Crippen molar-refractivity contribution in [2.45, 2.75) is 44.2 Å². The Morgan fingerprint density at radius 2 is 1.74 bits per heavy atom. The van der Waals surface area contributed by atoms with Crippen molar-refractivity contribution in [3.05, 3.63) is 58.9 Å². The number of halogens is 6. The van der Waals surface area contributed by atoms with Crippen LogP contribution in [0.15, 0.2) is 30.5 Å². The van der Waals surface area contributed by atoms with Gasteiger partial charge in [-0.1, -0.05) is 12.1 Å². The third-order valence-corrected chi connectivity index (χ3v) is 6.36. The van der Waals surface area contributed by atoms with E-state index in [1.165, 1.54) is 41.9 Å². The predicted molar refractivity (Wildman–Crippen MR) is 122 cm³/mol. The molecule has 0 fully saturated rings. The Hall–Kier alpha value is -4.30. The minimum absolute atomic E-state index is 0.00413. The topological polar surface area (TPSA) is 124 Å². The molecule has 0 saturated carbocycles. The summed E-state index contributed by atoms with van der Waals surface area (Å²) in [7, 11) is 0. The van der Waals surface area contributed by atoms with E-state index in [-0.39, 0.29) is 45.9 Å². The van der Waals surface area contributed by atoms with Gasteiger partial charge in [0.15, 0.2) is 11.5 Å². The molecule has 1 aromatic carbocycles. The van der Waals surface area contributed by atoms with Crippen molar-refractivity contribution in [1.29, 1.82) is 0 Å². The van der Waals surface area contributed by atoms with Crippen LogP contribution in [0.1, 0.15) is 36.0 Å². The van der Waals surface area contributed by atoms with Gasteiger partial charge in [-0.15, -0.1) is 0 Å². The lowest BCUT2D eigenvalue weighted by molar-refractivity contribution is -0.284. The van der Waals surface area contributed by atoms with Crippen LogP contribution in [-0.2, 0) is 16.6 Å². The van der Waals surface area contributed by atoms with Crippen molar-refractivity contribution >= 4 is 23.2 Å². The van der Waals surface area contributed by atoms with E-state index in [0.29, 0.717) is 5.56 Å². The van der Waals surface area contributed by atoms with Crippen LogP contribution >= 0.6 is 0 Å². The van der Waals surface area contributed by atoms with E-state index >= 15 is 0 Å². The lowest BCUT2D eigenvalue weighted by atomic mass is 9.78. The molecule has 0 radical (unpaired) electrons. The molecule has 9 nitrogen and oxygen atoms in total. The lowest BCUT2D eigenvalue weighted by Gasteiger charge is -2.23. The largest absolute Gasteiger partial charge is 0.453 e. The number of nitrogens with zero attached hydrogens (tertiary/aromatic N) is 6. The van der Waals surface area contributed by atoms with Gasteiger partial charge in [0, 0.05) is 6.42 Å². The van der Waals surface area contributed by atoms with Crippen LogP contribution in [0.3, 0.4) is 0 Å². The van der Waals surface area contributed by atoms with Crippen molar-refractivity contribution in [2.24, 2.45) is 0 Å². The minimum Gasteiger partial charge on any atom is -0.383 e. The first-order valence-electron chi connectivity index (χ1n) is 11.1. The van der Waals surface area contributed by atoms with E-state index in [1.54, 1.807) is 6.92 Å². The first-order valence-corrected chi connectivity index (χ1v) is 11.1. The number of rotatable bonds is 5. The van der Waals surface area contributed by atoms with Gasteiger partial charge in [-0.25, -0.2) is 28.8 Å². The molecular formula is C23H18F6N8O. The molecule has 38 heavy (non-hydrogen) atoms. The smallest absolute Gasteiger partial charge is 0.383 e. The molecule has 0 saturated heterocycles. The molecule has 4 aromatic rings. The first-order chi connectivity index (χ1) is 17.7. The maximum atomic E-state index is 13.6. The number of hydrogen-bond donors (Lipinski definition) is 2. The Kier molecular flexibility index (Phi) is 5.58. The summed E-state index contributed by atoms with van der Waals surface area (Å²) in [4.78, 5) is 29.8. The maximum absolute atomic E-state index is 13.6. The van der Waals surface area contributed by atoms with E-state index in [1.807, 2.05) is 0 Å². The molecule has 0 aliphatic carbocycles. The Morgan fingerprint density at radius 3 is 2.39 bits per heavy atom. The molecule has 3 N–H and O–H groups in total. The number of carbonyl (C=O) groups is 1. The Bertz CT molecular complexity index is 1580. The summed E-state index contributed by atoms with van der Waals surface area (Å²) < 4.78 is 80.0. The van der Waals surface area contributed by atoms with E-state index in [4.69, 9.17) is 5.73 Å². The number of nitrogens with two attached hydrogens (primary N) is 1. The minimum atomic E-state index is -5.72. The van der Waals surface area contributed by atoms with E-state index in [0.717, 1.165) is 0 Å². The quantitative estimate of drug-likeness (QED) is 0.370. The van der Waals surface area contributed by atoms with Crippen molar-refractivity contribution in [2.75, 3.05) is 11.1 Å². The van der Waals surface area contributed by atoms with E-state index in [2.05, 4.69) is 30.4 Å². The van der Waals surface area contributed by atoms with Crippen LogP contribution in [0.5, 0.6) is 0 Å². The zero-order chi connectivity index (χ0) is 27.6. The molecule has 1 atom stereocenters. The lowest BCUT2D eigenvalue weighted by Crippen LogP contribution is -2.36. The predicted octanol–water partition coefficient (Wildman–Crippen LogP) is 4.00. The second kappa shape index (κ2) is 8.36. The number of alkyl halides is 5. The van der Waals surface area contributed by atoms with Gasteiger partial charge < -0.3 is 11.1 Å². The highest BCUT2D eigenvalue weighted by Crippen LogP contribution is 2.45. The summed E-state index contributed by atoms with van der Waals surface area (Å²) in [6, 6.07) is 5.26. The number of carbonyl (C=O) groups excluding carboxylic acids is 1. The number of benzene rings is 1. The Balaban J connectivity index is 1.59. The van der Waals surface area contributed by atoms with Crippen LogP contribution in [0.25, 0.3) is 17.2 Å². The van der Waals surface area contributed by atoms with Gasteiger partial charge in [0.2, 0.25) is 5.91 Å². The fourth-order valence-corrected chi connectivity index (χ4v) is 4.33. The molecule has 198 valence electrons. The number of nitrogens with one attached hydrogen (secondary N) is 1. The van der Waals surface area contributed by atoms with Crippen LogP contribution in [-0.4, -0.2) is 47.6 Å². The highest BCUT2D eigenvalue weighted by atomic mass is 19.4. The molecule has 1 amide bonds. The number of anilines is 2. The van der Waals surface area contributed by atoms with Crippen molar-refractivity contribution in [3.8, 4) is 11.5 Å². The van der Waals surface area contributed by atoms with Crippen LogP contribution in [0, 0.1) is 12.7 Å². The normalized spacial score (nSPS) is 17.6. The molecule has 3 aromatic heterocycles. The molecule has 5 rings (SSSR count). The van der Waals surface area contributed by atoms with Gasteiger partial charge >= 0.3 is 12.1 Å². The highest BCUT2D eigenvalue weighted by Gasteiger charge is 2.56. The van der Waals surface area contributed by atoms with Crippen molar-refractivity contribution in [1.82, 2.24) is 29.5 Å². The molecule has 4 heterocycles. The third-order valence-electron chi connectivity index (χ3n) is 6.36. The summed E-state index contributed by atoms with van der Waals surface area (Å²) in [5.74, 6) is -5.91. The number of hydrogen-bond acceptors (Lipinski definition) is 7. The van der Waals surface area contributed by atoms with Crippen LogP contribution in [0.2, 0.25) is 0 Å².